The van der Waals surface area contributed by atoms with Crippen LogP contribution in [0.15, 0.2) is 12.1 Å². The van der Waals surface area contributed by atoms with Gasteiger partial charge in [-0.15, -0.1) is 0 Å². The molecule has 1 rings (SSSR count). The lowest BCUT2D eigenvalue weighted by atomic mass is 9.96. The quantitative estimate of drug-likeness (QED) is 0.780. The maximum atomic E-state index is 10.0. The summed E-state index contributed by atoms with van der Waals surface area (Å²) in [6, 6.07) is 4.41. The zero-order valence-electron chi connectivity index (χ0n) is 11.4. The molecule has 0 fully saturated rings. The van der Waals surface area contributed by atoms with Crippen molar-refractivity contribution in [1.82, 2.24) is 0 Å². The van der Waals surface area contributed by atoms with E-state index in [1.54, 1.807) is 0 Å². The van der Waals surface area contributed by atoms with Gasteiger partial charge in [0.2, 0.25) is 0 Å². The van der Waals surface area contributed by atoms with E-state index in [1.165, 1.54) is 28.7 Å². The summed E-state index contributed by atoms with van der Waals surface area (Å²) in [5.41, 5.74) is 5.24. The summed E-state index contributed by atoms with van der Waals surface area (Å²) < 4.78 is 0. The molecule has 96 valence electrons. The van der Waals surface area contributed by atoms with Gasteiger partial charge in [-0.25, -0.2) is 0 Å². The predicted octanol–water partition coefficient (Wildman–Crippen LogP) is 3.66. The fourth-order valence-electron chi connectivity index (χ4n) is 2.19. The van der Waals surface area contributed by atoms with Crippen LogP contribution in [0.1, 0.15) is 35.6 Å². The predicted molar refractivity (Wildman–Crippen MR) is 78.0 cm³/mol. The van der Waals surface area contributed by atoms with E-state index in [4.69, 9.17) is 0 Å². The van der Waals surface area contributed by atoms with E-state index in [2.05, 4.69) is 39.8 Å². The monoisotopic (exact) mass is 252 g/mol. The minimum Gasteiger partial charge on any atom is -0.392 e. The summed E-state index contributed by atoms with van der Waals surface area (Å²) in [4.78, 5) is 0. The third kappa shape index (κ3) is 4.72. The van der Waals surface area contributed by atoms with Crippen LogP contribution in [0.4, 0.5) is 0 Å². The fraction of sp³-hybridized carbons (Fsp3) is 0.600. The van der Waals surface area contributed by atoms with Gasteiger partial charge < -0.3 is 5.11 Å². The Morgan fingerprint density at radius 2 is 1.76 bits per heavy atom. The van der Waals surface area contributed by atoms with Crippen LogP contribution in [0, 0.1) is 20.8 Å². The summed E-state index contributed by atoms with van der Waals surface area (Å²) in [6.07, 6.45) is 1.75. The molecule has 17 heavy (non-hydrogen) atoms. The van der Waals surface area contributed by atoms with Gasteiger partial charge in [0.05, 0.1) is 6.10 Å². The first kappa shape index (κ1) is 14.6. The molecule has 0 saturated heterocycles. The highest BCUT2D eigenvalue weighted by Crippen LogP contribution is 2.19. The highest BCUT2D eigenvalue weighted by Gasteiger charge is 2.10. The number of rotatable bonds is 6. The number of thioether (sulfide) groups is 1. The van der Waals surface area contributed by atoms with Crippen molar-refractivity contribution in [3.05, 3.63) is 34.4 Å². The van der Waals surface area contributed by atoms with Crippen LogP contribution >= 0.6 is 11.8 Å². The minimum absolute atomic E-state index is 0.216. The molecule has 1 nitrogen and oxygen atoms in total. The first-order valence-electron chi connectivity index (χ1n) is 6.37. The number of aliphatic hydroxyl groups excluding tert-OH is 1. The summed E-state index contributed by atoms with van der Waals surface area (Å²) in [5, 5.41) is 10.0. The Morgan fingerprint density at radius 3 is 2.29 bits per heavy atom. The van der Waals surface area contributed by atoms with Crippen molar-refractivity contribution in [2.24, 2.45) is 0 Å². The molecule has 0 aromatic heterocycles. The number of aliphatic hydroxyl groups is 1. The van der Waals surface area contributed by atoms with Crippen molar-refractivity contribution < 1.29 is 5.11 Å². The van der Waals surface area contributed by atoms with Gasteiger partial charge in [-0.3, -0.25) is 0 Å². The van der Waals surface area contributed by atoms with E-state index in [-0.39, 0.29) is 6.10 Å². The molecule has 0 radical (unpaired) electrons. The fourth-order valence-corrected chi connectivity index (χ4v) is 3.04. The number of hydrogen-bond acceptors (Lipinski definition) is 2. The van der Waals surface area contributed by atoms with Gasteiger partial charge in [-0.1, -0.05) is 24.6 Å². The molecule has 0 bridgehead atoms. The maximum Gasteiger partial charge on any atom is 0.0671 e. The van der Waals surface area contributed by atoms with Gasteiger partial charge in [-0.05, 0) is 56.1 Å². The second kappa shape index (κ2) is 7.07. The molecule has 1 atom stereocenters. The Balaban J connectivity index is 2.61. The van der Waals surface area contributed by atoms with Gasteiger partial charge in [0.15, 0.2) is 0 Å². The third-order valence-corrected chi connectivity index (χ3v) is 4.26. The summed E-state index contributed by atoms with van der Waals surface area (Å²) >= 11 is 1.85. The summed E-state index contributed by atoms with van der Waals surface area (Å²) in [5.74, 6) is 1.99. The largest absolute Gasteiger partial charge is 0.392 e. The number of aryl methyl sites for hydroxylation is 3. The third-order valence-electron chi connectivity index (χ3n) is 2.94. The lowest BCUT2D eigenvalue weighted by molar-refractivity contribution is 0.199. The molecule has 1 unspecified atom stereocenters. The lowest BCUT2D eigenvalue weighted by Gasteiger charge is -2.15. The molecule has 1 aromatic rings. The molecule has 0 saturated carbocycles. The van der Waals surface area contributed by atoms with Crippen molar-refractivity contribution in [3.63, 3.8) is 0 Å². The topological polar surface area (TPSA) is 20.2 Å². The van der Waals surface area contributed by atoms with Crippen LogP contribution in [-0.2, 0) is 6.42 Å². The van der Waals surface area contributed by atoms with Crippen LogP contribution in [-0.4, -0.2) is 22.7 Å². The Labute approximate surface area is 110 Å². The van der Waals surface area contributed by atoms with Gasteiger partial charge in [0, 0.05) is 5.75 Å². The van der Waals surface area contributed by atoms with Crippen molar-refractivity contribution in [1.29, 1.82) is 0 Å². The van der Waals surface area contributed by atoms with Crippen LogP contribution in [0.3, 0.4) is 0 Å². The van der Waals surface area contributed by atoms with Crippen LogP contribution in [0.25, 0.3) is 0 Å². The first-order chi connectivity index (χ1) is 8.04. The molecule has 0 heterocycles. The minimum atomic E-state index is -0.216. The molecule has 0 aliphatic carbocycles. The molecule has 0 aliphatic rings. The van der Waals surface area contributed by atoms with E-state index in [1.807, 2.05) is 11.8 Å². The van der Waals surface area contributed by atoms with Crippen LogP contribution < -0.4 is 0 Å². The molecule has 0 amide bonds. The van der Waals surface area contributed by atoms with Gasteiger partial charge in [0.1, 0.15) is 0 Å². The Kier molecular flexibility index (Phi) is 6.07. The Hall–Kier alpha value is -0.470. The molecular formula is C15H24OS. The van der Waals surface area contributed by atoms with Crippen molar-refractivity contribution in [3.8, 4) is 0 Å². The summed E-state index contributed by atoms with van der Waals surface area (Å²) in [7, 11) is 0. The zero-order chi connectivity index (χ0) is 12.8. The Bertz CT molecular complexity index is 337. The van der Waals surface area contributed by atoms with E-state index in [9.17, 15) is 5.11 Å². The second-order valence-electron chi connectivity index (χ2n) is 4.81. The van der Waals surface area contributed by atoms with Crippen LogP contribution in [0.5, 0.6) is 0 Å². The van der Waals surface area contributed by atoms with Crippen LogP contribution in [0.2, 0.25) is 0 Å². The van der Waals surface area contributed by atoms with Crippen molar-refractivity contribution in [2.75, 3.05) is 11.5 Å². The second-order valence-corrected chi connectivity index (χ2v) is 5.96. The van der Waals surface area contributed by atoms with Crippen molar-refractivity contribution >= 4 is 11.8 Å². The number of benzene rings is 1. The Morgan fingerprint density at radius 1 is 1.18 bits per heavy atom. The van der Waals surface area contributed by atoms with Gasteiger partial charge >= 0.3 is 0 Å². The highest BCUT2D eigenvalue weighted by atomic mass is 32.2. The zero-order valence-corrected chi connectivity index (χ0v) is 12.2. The van der Waals surface area contributed by atoms with E-state index >= 15 is 0 Å². The molecule has 1 N–H and O–H groups in total. The lowest BCUT2D eigenvalue weighted by Crippen LogP contribution is -2.15. The molecule has 0 spiro atoms. The highest BCUT2D eigenvalue weighted by molar-refractivity contribution is 7.99. The number of hydrogen-bond donors (Lipinski definition) is 1. The average Bonchev–Trinajstić information content (AvgIpc) is 2.24. The molecular weight excluding hydrogens is 228 g/mol. The van der Waals surface area contributed by atoms with Crippen molar-refractivity contribution in [2.45, 2.75) is 46.6 Å². The smallest absolute Gasteiger partial charge is 0.0671 e. The van der Waals surface area contributed by atoms with E-state index in [0.717, 1.165) is 17.9 Å². The first-order valence-corrected chi connectivity index (χ1v) is 7.52. The van der Waals surface area contributed by atoms with E-state index < -0.39 is 0 Å². The molecule has 1 aromatic carbocycles. The van der Waals surface area contributed by atoms with E-state index in [0.29, 0.717) is 0 Å². The van der Waals surface area contributed by atoms with Gasteiger partial charge in [-0.2, -0.15) is 11.8 Å². The standard InChI is InChI=1S/C15H24OS/c1-5-6-17-10-14(16)9-15-12(3)7-11(2)8-13(15)4/h7-8,14,16H,5-6,9-10H2,1-4H3. The normalized spacial score (nSPS) is 12.8. The maximum absolute atomic E-state index is 10.0. The van der Waals surface area contributed by atoms with Gasteiger partial charge in [0.25, 0.3) is 0 Å². The molecule has 0 aliphatic heterocycles. The molecule has 2 heteroatoms. The SMILES string of the molecule is CCCSCC(O)Cc1c(C)cc(C)cc1C. The summed E-state index contributed by atoms with van der Waals surface area (Å²) in [6.45, 7) is 8.58. The average molecular weight is 252 g/mol.